The molecule has 0 N–H and O–H groups in total. The van der Waals surface area contributed by atoms with Gasteiger partial charge in [-0.2, -0.15) is 0 Å². The molecule has 0 aliphatic rings. The molecule has 2 rings (SSSR count). The molecule has 0 aliphatic heterocycles. The number of hydrogen-bond acceptors (Lipinski definition) is 3. The number of benzene rings is 1. The van der Waals surface area contributed by atoms with Gasteiger partial charge in [0, 0.05) is 23.2 Å². The minimum Gasteiger partial charge on any atom is -0.495 e. The molecule has 1 aromatic carbocycles. The Labute approximate surface area is 111 Å². The van der Waals surface area contributed by atoms with Crippen molar-refractivity contribution in [2.75, 3.05) is 20.2 Å². The molecule has 0 unspecified atom stereocenters. The zero-order chi connectivity index (χ0) is 13.1. The van der Waals surface area contributed by atoms with Gasteiger partial charge in [0.15, 0.2) is 0 Å². The number of ether oxygens (including phenoxy) is 1. The first-order chi connectivity index (χ1) is 8.72. The van der Waals surface area contributed by atoms with Gasteiger partial charge in [-0.05, 0) is 37.4 Å². The van der Waals surface area contributed by atoms with Gasteiger partial charge < -0.3 is 9.64 Å². The van der Waals surface area contributed by atoms with Gasteiger partial charge in [-0.25, -0.2) is 0 Å². The van der Waals surface area contributed by atoms with Gasteiger partial charge in [-0.1, -0.05) is 0 Å². The van der Waals surface area contributed by atoms with Crippen LogP contribution >= 0.6 is 11.3 Å². The molecule has 0 saturated carbocycles. The highest BCUT2D eigenvalue weighted by atomic mass is 32.1. The van der Waals surface area contributed by atoms with Crippen molar-refractivity contribution in [1.29, 1.82) is 0 Å². The highest BCUT2D eigenvalue weighted by molar-refractivity contribution is 7.17. The van der Waals surface area contributed by atoms with Gasteiger partial charge >= 0.3 is 0 Å². The third-order valence-corrected chi connectivity index (χ3v) is 3.95. The Balaban J connectivity index is 2.53. The highest BCUT2D eigenvalue weighted by Crippen LogP contribution is 2.33. The molecule has 4 heteroatoms. The number of thiophene rings is 1. The molecule has 3 nitrogen and oxygen atoms in total. The van der Waals surface area contributed by atoms with Gasteiger partial charge in [-0.3, -0.25) is 4.79 Å². The van der Waals surface area contributed by atoms with Crippen molar-refractivity contribution >= 4 is 27.3 Å². The lowest BCUT2D eigenvalue weighted by molar-refractivity contribution is 0.0770. The molecule has 96 valence electrons. The second kappa shape index (κ2) is 5.40. The molecule has 1 heterocycles. The van der Waals surface area contributed by atoms with Crippen LogP contribution in [0.2, 0.25) is 0 Å². The van der Waals surface area contributed by atoms with Crippen LogP contribution in [0, 0.1) is 0 Å². The molecule has 1 amide bonds. The summed E-state index contributed by atoms with van der Waals surface area (Å²) in [5.41, 5.74) is 0.645. The third-order valence-electron chi connectivity index (χ3n) is 3.07. The molecule has 0 bridgehead atoms. The van der Waals surface area contributed by atoms with E-state index >= 15 is 0 Å². The van der Waals surface area contributed by atoms with E-state index in [4.69, 9.17) is 4.74 Å². The van der Waals surface area contributed by atoms with Crippen LogP contribution < -0.4 is 4.74 Å². The first-order valence-electron chi connectivity index (χ1n) is 6.06. The van der Waals surface area contributed by atoms with Gasteiger partial charge in [0.05, 0.1) is 12.7 Å². The van der Waals surface area contributed by atoms with Crippen molar-refractivity contribution in [3.05, 3.63) is 29.1 Å². The van der Waals surface area contributed by atoms with Crippen LogP contribution in [0.3, 0.4) is 0 Å². The number of methoxy groups -OCH3 is 1. The van der Waals surface area contributed by atoms with Crippen molar-refractivity contribution in [2.45, 2.75) is 13.8 Å². The first-order valence-corrected chi connectivity index (χ1v) is 6.94. The van der Waals surface area contributed by atoms with Crippen molar-refractivity contribution in [1.82, 2.24) is 4.90 Å². The van der Waals surface area contributed by atoms with E-state index in [9.17, 15) is 4.79 Å². The lowest BCUT2D eigenvalue weighted by atomic mass is 10.1. The van der Waals surface area contributed by atoms with Crippen LogP contribution in [-0.2, 0) is 0 Å². The van der Waals surface area contributed by atoms with E-state index in [1.165, 1.54) is 0 Å². The minimum atomic E-state index is 0.0324. The Bertz CT molecular complexity index is 558. The molecule has 18 heavy (non-hydrogen) atoms. The monoisotopic (exact) mass is 263 g/mol. The summed E-state index contributed by atoms with van der Waals surface area (Å²) in [5, 5.41) is 3.03. The van der Waals surface area contributed by atoms with Gasteiger partial charge in [0.1, 0.15) is 5.75 Å². The Hall–Kier alpha value is -1.55. The lowest BCUT2D eigenvalue weighted by Gasteiger charge is -2.20. The summed E-state index contributed by atoms with van der Waals surface area (Å²) in [6.07, 6.45) is 0. The topological polar surface area (TPSA) is 29.5 Å². The zero-order valence-corrected chi connectivity index (χ0v) is 11.7. The van der Waals surface area contributed by atoms with E-state index in [0.29, 0.717) is 24.4 Å². The molecular formula is C14H17NO2S. The van der Waals surface area contributed by atoms with Crippen LogP contribution in [0.5, 0.6) is 5.75 Å². The average Bonchev–Trinajstić information content (AvgIpc) is 2.86. The van der Waals surface area contributed by atoms with E-state index < -0.39 is 0 Å². The maximum Gasteiger partial charge on any atom is 0.257 e. The normalized spacial score (nSPS) is 10.6. The molecule has 0 saturated heterocycles. The van der Waals surface area contributed by atoms with Crippen molar-refractivity contribution in [3.63, 3.8) is 0 Å². The molecule has 0 fully saturated rings. The Morgan fingerprint density at radius 2 is 2.00 bits per heavy atom. The summed E-state index contributed by atoms with van der Waals surface area (Å²) in [5.74, 6) is 0.718. The number of rotatable bonds is 4. The fourth-order valence-corrected chi connectivity index (χ4v) is 2.87. The van der Waals surface area contributed by atoms with Crippen molar-refractivity contribution < 1.29 is 9.53 Å². The molecule has 1 aromatic heterocycles. The predicted molar refractivity (Wildman–Crippen MR) is 75.6 cm³/mol. The average molecular weight is 263 g/mol. The molecule has 0 aliphatic carbocycles. The summed E-state index contributed by atoms with van der Waals surface area (Å²) in [4.78, 5) is 14.2. The SMILES string of the molecule is CCN(CC)C(=O)c1ccc2sccc2c1OC. The number of hydrogen-bond donors (Lipinski definition) is 0. The Kier molecular flexibility index (Phi) is 3.87. The third kappa shape index (κ3) is 2.08. The van der Waals surface area contributed by atoms with Crippen LogP contribution in [0.15, 0.2) is 23.6 Å². The summed E-state index contributed by atoms with van der Waals surface area (Å²) < 4.78 is 6.58. The largest absolute Gasteiger partial charge is 0.495 e. The molecule has 0 spiro atoms. The minimum absolute atomic E-state index is 0.0324. The number of carbonyl (C=O) groups excluding carboxylic acids is 1. The quantitative estimate of drug-likeness (QED) is 0.846. The number of amides is 1. The summed E-state index contributed by atoms with van der Waals surface area (Å²) in [6.45, 7) is 5.38. The summed E-state index contributed by atoms with van der Waals surface area (Å²) in [7, 11) is 1.62. The zero-order valence-electron chi connectivity index (χ0n) is 10.9. The maximum atomic E-state index is 12.4. The highest BCUT2D eigenvalue weighted by Gasteiger charge is 2.19. The standard InChI is InChI=1S/C14H17NO2S/c1-4-15(5-2)14(16)11-6-7-12-10(8-9-18-12)13(11)17-3/h6-9H,4-5H2,1-3H3. The van der Waals surface area contributed by atoms with Crippen LogP contribution in [-0.4, -0.2) is 31.0 Å². The molecule has 2 aromatic rings. The van der Waals surface area contributed by atoms with Crippen LogP contribution in [0.1, 0.15) is 24.2 Å². The second-order valence-corrected chi connectivity index (χ2v) is 4.90. The number of nitrogens with zero attached hydrogens (tertiary/aromatic N) is 1. The first kappa shape index (κ1) is 12.9. The van der Waals surface area contributed by atoms with Crippen molar-refractivity contribution in [2.24, 2.45) is 0 Å². The number of fused-ring (bicyclic) bond motifs is 1. The molecule has 0 atom stereocenters. The Morgan fingerprint density at radius 1 is 1.28 bits per heavy atom. The number of carbonyl (C=O) groups is 1. The van der Waals surface area contributed by atoms with Gasteiger partial charge in [0.25, 0.3) is 5.91 Å². The maximum absolute atomic E-state index is 12.4. The Morgan fingerprint density at radius 3 is 2.61 bits per heavy atom. The van der Waals surface area contributed by atoms with E-state index in [0.717, 1.165) is 10.1 Å². The summed E-state index contributed by atoms with van der Waals surface area (Å²) >= 11 is 1.65. The van der Waals surface area contributed by atoms with Gasteiger partial charge in [-0.15, -0.1) is 11.3 Å². The second-order valence-electron chi connectivity index (χ2n) is 3.96. The fraction of sp³-hybridized carbons (Fsp3) is 0.357. The molecular weight excluding hydrogens is 246 g/mol. The summed E-state index contributed by atoms with van der Waals surface area (Å²) in [6, 6.07) is 5.84. The predicted octanol–water partition coefficient (Wildman–Crippen LogP) is 3.39. The van der Waals surface area contributed by atoms with E-state index in [1.54, 1.807) is 23.3 Å². The van der Waals surface area contributed by atoms with E-state index in [2.05, 4.69) is 0 Å². The van der Waals surface area contributed by atoms with E-state index in [1.807, 2.05) is 37.4 Å². The smallest absolute Gasteiger partial charge is 0.257 e. The van der Waals surface area contributed by atoms with Crippen LogP contribution in [0.4, 0.5) is 0 Å². The van der Waals surface area contributed by atoms with E-state index in [-0.39, 0.29) is 5.91 Å². The lowest BCUT2D eigenvalue weighted by Crippen LogP contribution is -2.30. The van der Waals surface area contributed by atoms with Crippen molar-refractivity contribution in [3.8, 4) is 5.75 Å². The van der Waals surface area contributed by atoms with Gasteiger partial charge in [0.2, 0.25) is 0 Å². The van der Waals surface area contributed by atoms with Crippen LogP contribution in [0.25, 0.3) is 10.1 Å². The molecule has 0 radical (unpaired) electrons. The fourth-order valence-electron chi connectivity index (χ4n) is 2.09.